The van der Waals surface area contributed by atoms with Crippen molar-refractivity contribution in [2.75, 3.05) is 26.7 Å². The SMILES string of the molecule is CN=C(NCc1nccn1CC(C)C)N1CCOC(c2cnn(C)c2)C1.I. The Morgan fingerprint density at radius 2 is 2.26 bits per heavy atom. The number of aromatic nitrogens is 4. The summed E-state index contributed by atoms with van der Waals surface area (Å²) in [6.07, 6.45) is 7.78. The summed E-state index contributed by atoms with van der Waals surface area (Å²) >= 11 is 0. The van der Waals surface area contributed by atoms with Crippen LogP contribution in [0.2, 0.25) is 0 Å². The monoisotopic (exact) mass is 487 g/mol. The molecule has 2 aromatic rings. The van der Waals surface area contributed by atoms with Crippen LogP contribution in [-0.4, -0.2) is 56.9 Å². The lowest BCUT2D eigenvalue weighted by atomic mass is 10.1. The molecule has 1 aliphatic heterocycles. The average Bonchev–Trinajstić information content (AvgIpc) is 3.24. The van der Waals surface area contributed by atoms with E-state index in [9.17, 15) is 0 Å². The number of hydrogen-bond donors (Lipinski definition) is 1. The Hall–Kier alpha value is -1.62. The van der Waals surface area contributed by atoms with Gasteiger partial charge in [-0.05, 0) is 5.92 Å². The van der Waals surface area contributed by atoms with E-state index in [0.717, 1.165) is 37.0 Å². The summed E-state index contributed by atoms with van der Waals surface area (Å²) in [4.78, 5) is 11.2. The van der Waals surface area contributed by atoms with E-state index >= 15 is 0 Å². The number of nitrogens with zero attached hydrogens (tertiary/aromatic N) is 6. The van der Waals surface area contributed by atoms with Crippen LogP contribution in [0.15, 0.2) is 29.8 Å². The quantitative estimate of drug-likeness (QED) is 0.397. The molecule has 27 heavy (non-hydrogen) atoms. The number of nitrogens with one attached hydrogen (secondary N) is 1. The Morgan fingerprint density at radius 1 is 1.44 bits per heavy atom. The molecule has 1 aliphatic rings. The highest BCUT2D eigenvalue weighted by Gasteiger charge is 2.25. The fraction of sp³-hybridized carbons (Fsp3) is 0.611. The molecule has 0 aliphatic carbocycles. The molecule has 0 bridgehead atoms. The Balaban J connectivity index is 0.00000261. The van der Waals surface area contributed by atoms with Crippen LogP contribution in [0.1, 0.15) is 31.3 Å². The molecule has 0 radical (unpaired) electrons. The van der Waals surface area contributed by atoms with E-state index in [1.807, 2.05) is 38.9 Å². The third-order valence-corrected chi connectivity index (χ3v) is 4.44. The van der Waals surface area contributed by atoms with Crippen LogP contribution in [-0.2, 0) is 24.9 Å². The molecular weight excluding hydrogens is 457 g/mol. The molecule has 2 aromatic heterocycles. The first kappa shape index (κ1) is 21.7. The fourth-order valence-corrected chi connectivity index (χ4v) is 3.21. The summed E-state index contributed by atoms with van der Waals surface area (Å²) in [5.74, 6) is 2.49. The van der Waals surface area contributed by atoms with Crippen LogP contribution in [0.25, 0.3) is 0 Å². The normalized spacial score (nSPS) is 17.9. The number of imidazole rings is 1. The minimum atomic E-state index is 0. The molecule has 1 fully saturated rings. The minimum absolute atomic E-state index is 0. The third kappa shape index (κ3) is 5.68. The third-order valence-electron chi connectivity index (χ3n) is 4.44. The van der Waals surface area contributed by atoms with E-state index in [4.69, 9.17) is 4.74 Å². The van der Waals surface area contributed by atoms with Gasteiger partial charge in [0.05, 0.1) is 25.9 Å². The van der Waals surface area contributed by atoms with E-state index in [1.54, 1.807) is 4.68 Å². The lowest BCUT2D eigenvalue weighted by Crippen LogP contribution is -2.48. The lowest BCUT2D eigenvalue weighted by Gasteiger charge is -2.34. The maximum absolute atomic E-state index is 5.92. The summed E-state index contributed by atoms with van der Waals surface area (Å²) in [6, 6.07) is 0. The second kappa shape index (κ2) is 10.1. The Morgan fingerprint density at radius 3 is 2.93 bits per heavy atom. The van der Waals surface area contributed by atoms with Gasteiger partial charge in [-0.15, -0.1) is 24.0 Å². The van der Waals surface area contributed by atoms with E-state index in [0.29, 0.717) is 19.1 Å². The average molecular weight is 487 g/mol. The van der Waals surface area contributed by atoms with Gasteiger partial charge in [0.15, 0.2) is 5.96 Å². The second-order valence-corrected chi connectivity index (χ2v) is 7.04. The Labute approximate surface area is 178 Å². The summed E-state index contributed by atoms with van der Waals surface area (Å²) in [6.45, 7) is 8.29. The van der Waals surface area contributed by atoms with Crippen LogP contribution in [0, 0.1) is 5.92 Å². The fourth-order valence-electron chi connectivity index (χ4n) is 3.21. The summed E-state index contributed by atoms with van der Waals surface area (Å²) < 4.78 is 9.92. The van der Waals surface area contributed by atoms with Crippen molar-refractivity contribution in [1.29, 1.82) is 0 Å². The second-order valence-electron chi connectivity index (χ2n) is 7.04. The first-order chi connectivity index (χ1) is 12.6. The van der Waals surface area contributed by atoms with Crippen molar-refractivity contribution >= 4 is 29.9 Å². The van der Waals surface area contributed by atoms with E-state index in [1.165, 1.54) is 0 Å². The zero-order valence-electron chi connectivity index (χ0n) is 16.5. The molecular formula is C18H30IN7O. The number of ether oxygens (including phenoxy) is 1. The van der Waals surface area contributed by atoms with Gasteiger partial charge in [-0.3, -0.25) is 9.67 Å². The largest absolute Gasteiger partial charge is 0.370 e. The van der Waals surface area contributed by atoms with Gasteiger partial charge < -0.3 is 19.5 Å². The molecule has 8 nitrogen and oxygen atoms in total. The lowest BCUT2D eigenvalue weighted by molar-refractivity contribution is -0.00806. The molecule has 9 heteroatoms. The van der Waals surface area contributed by atoms with Crippen LogP contribution in [0.3, 0.4) is 0 Å². The highest BCUT2D eigenvalue weighted by molar-refractivity contribution is 14.0. The predicted molar refractivity (Wildman–Crippen MR) is 116 cm³/mol. The van der Waals surface area contributed by atoms with Crippen LogP contribution >= 0.6 is 24.0 Å². The number of hydrogen-bond acceptors (Lipinski definition) is 4. The van der Waals surface area contributed by atoms with E-state index in [-0.39, 0.29) is 30.1 Å². The highest BCUT2D eigenvalue weighted by Crippen LogP contribution is 2.21. The van der Waals surface area contributed by atoms with E-state index in [2.05, 4.69) is 43.7 Å². The highest BCUT2D eigenvalue weighted by atomic mass is 127. The zero-order chi connectivity index (χ0) is 18.5. The Bertz CT molecular complexity index is 740. The van der Waals surface area contributed by atoms with Gasteiger partial charge in [-0.2, -0.15) is 5.10 Å². The maximum atomic E-state index is 5.92. The van der Waals surface area contributed by atoms with Gasteiger partial charge in [-0.1, -0.05) is 13.8 Å². The van der Waals surface area contributed by atoms with Crippen molar-refractivity contribution in [3.8, 4) is 0 Å². The zero-order valence-corrected chi connectivity index (χ0v) is 18.8. The van der Waals surface area contributed by atoms with Crippen LogP contribution in [0.5, 0.6) is 0 Å². The van der Waals surface area contributed by atoms with Crippen LogP contribution in [0.4, 0.5) is 0 Å². The van der Waals surface area contributed by atoms with Crippen molar-refractivity contribution in [1.82, 2.24) is 29.5 Å². The van der Waals surface area contributed by atoms with Gasteiger partial charge in [0.25, 0.3) is 0 Å². The standard InChI is InChI=1S/C18H29N7O.HI/c1-14(2)11-24-6-5-20-17(24)10-21-18(19-3)25-7-8-26-16(13-25)15-9-22-23(4)12-15;/h5-6,9,12,14,16H,7-8,10-11,13H2,1-4H3,(H,19,21);1H. The van der Waals surface area contributed by atoms with E-state index < -0.39 is 0 Å². The smallest absolute Gasteiger partial charge is 0.194 e. The van der Waals surface area contributed by atoms with Crippen molar-refractivity contribution in [3.63, 3.8) is 0 Å². The summed E-state index contributed by atoms with van der Waals surface area (Å²) in [5.41, 5.74) is 1.10. The summed E-state index contributed by atoms with van der Waals surface area (Å²) in [7, 11) is 3.74. The number of morpholine rings is 1. The molecule has 150 valence electrons. The molecule has 1 atom stereocenters. The van der Waals surface area contributed by atoms with Gasteiger partial charge >= 0.3 is 0 Å². The molecule has 0 spiro atoms. The molecule has 0 saturated carbocycles. The van der Waals surface area contributed by atoms with Gasteiger partial charge in [-0.25, -0.2) is 4.98 Å². The molecule has 3 rings (SSSR count). The van der Waals surface area contributed by atoms with Crippen molar-refractivity contribution in [2.24, 2.45) is 18.0 Å². The first-order valence-electron chi connectivity index (χ1n) is 9.12. The van der Waals surface area contributed by atoms with Crippen molar-refractivity contribution in [2.45, 2.75) is 33.0 Å². The number of halogens is 1. The van der Waals surface area contributed by atoms with Crippen LogP contribution < -0.4 is 5.32 Å². The maximum Gasteiger partial charge on any atom is 0.194 e. The van der Waals surface area contributed by atoms with Gasteiger partial charge in [0, 0.05) is 51.3 Å². The Kier molecular flexibility index (Phi) is 8.08. The number of aryl methyl sites for hydroxylation is 1. The first-order valence-corrected chi connectivity index (χ1v) is 9.12. The summed E-state index contributed by atoms with van der Waals surface area (Å²) in [5, 5.41) is 7.70. The molecule has 1 unspecified atom stereocenters. The predicted octanol–water partition coefficient (Wildman–Crippen LogP) is 2.04. The molecule has 0 amide bonds. The van der Waals surface area contributed by atoms with Gasteiger partial charge in [0.2, 0.25) is 0 Å². The van der Waals surface area contributed by atoms with Crippen molar-refractivity contribution in [3.05, 3.63) is 36.2 Å². The molecule has 3 heterocycles. The minimum Gasteiger partial charge on any atom is -0.370 e. The number of rotatable bonds is 5. The molecule has 1 saturated heterocycles. The molecule has 1 N–H and O–H groups in total. The number of aliphatic imine (C=N–C) groups is 1. The van der Waals surface area contributed by atoms with Gasteiger partial charge in [0.1, 0.15) is 11.9 Å². The van der Waals surface area contributed by atoms with Crippen molar-refractivity contribution < 1.29 is 4.74 Å². The number of guanidine groups is 1. The topological polar surface area (TPSA) is 72.5 Å². The molecule has 0 aromatic carbocycles.